The number of carbonyl (C=O) groups is 1. The second kappa shape index (κ2) is 11.5. The van der Waals surface area contributed by atoms with E-state index in [1.165, 1.54) is 23.9 Å². The molecule has 0 aliphatic rings. The predicted molar refractivity (Wildman–Crippen MR) is 142 cm³/mol. The number of nitrogens with one attached hydrogen (secondary N) is 2. The Balaban J connectivity index is 1.35. The van der Waals surface area contributed by atoms with Crippen molar-refractivity contribution >= 4 is 44.3 Å². The average Bonchev–Trinajstić information content (AvgIpc) is 2.88. The van der Waals surface area contributed by atoms with E-state index in [1.807, 2.05) is 73.7 Å². The SMILES string of the molecule is CCC(Sc1ccc2ccccc2n1)C(=O)Nc1ccc(S(=O)(=O)NCCc2ccccc2)cc1. The summed E-state index contributed by atoms with van der Waals surface area (Å²) in [6.45, 7) is 2.26. The molecule has 1 unspecified atom stereocenters. The summed E-state index contributed by atoms with van der Waals surface area (Å²) in [5.41, 5.74) is 2.50. The number of amides is 1. The Kier molecular flexibility index (Phi) is 8.17. The molecule has 0 saturated carbocycles. The number of hydrogen-bond acceptors (Lipinski definition) is 5. The molecule has 0 fully saturated rings. The van der Waals surface area contributed by atoms with Gasteiger partial charge in [0.25, 0.3) is 0 Å². The van der Waals surface area contributed by atoms with E-state index < -0.39 is 10.0 Å². The van der Waals surface area contributed by atoms with Gasteiger partial charge in [-0.1, -0.05) is 73.3 Å². The topological polar surface area (TPSA) is 88.2 Å². The summed E-state index contributed by atoms with van der Waals surface area (Å²) in [4.78, 5) is 17.7. The van der Waals surface area contributed by atoms with E-state index in [9.17, 15) is 13.2 Å². The molecule has 1 amide bonds. The van der Waals surface area contributed by atoms with Crippen molar-refractivity contribution in [2.24, 2.45) is 0 Å². The van der Waals surface area contributed by atoms with Crippen LogP contribution in [-0.2, 0) is 21.2 Å². The number of carbonyl (C=O) groups excluding carboxylic acids is 1. The lowest BCUT2D eigenvalue weighted by Gasteiger charge is -2.15. The Hall–Kier alpha value is -3.20. The zero-order valence-corrected chi connectivity index (χ0v) is 21.0. The highest BCUT2D eigenvalue weighted by molar-refractivity contribution is 8.00. The van der Waals surface area contributed by atoms with E-state index in [-0.39, 0.29) is 16.1 Å². The van der Waals surface area contributed by atoms with E-state index in [1.54, 1.807) is 12.1 Å². The Morgan fingerprint density at radius 1 is 0.914 bits per heavy atom. The molecule has 6 nitrogen and oxygen atoms in total. The Bertz CT molecular complexity index is 1390. The lowest BCUT2D eigenvalue weighted by atomic mass is 10.2. The first-order chi connectivity index (χ1) is 16.9. The van der Waals surface area contributed by atoms with Gasteiger partial charge < -0.3 is 5.32 Å². The van der Waals surface area contributed by atoms with Crippen LogP contribution >= 0.6 is 11.8 Å². The van der Waals surface area contributed by atoms with Crippen molar-refractivity contribution in [3.63, 3.8) is 0 Å². The first-order valence-electron chi connectivity index (χ1n) is 11.4. The molecule has 1 atom stereocenters. The van der Waals surface area contributed by atoms with Crippen molar-refractivity contribution < 1.29 is 13.2 Å². The van der Waals surface area contributed by atoms with Crippen LogP contribution < -0.4 is 10.0 Å². The van der Waals surface area contributed by atoms with Gasteiger partial charge in [-0.3, -0.25) is 4.79 Å². The van der Waals surface area contributed by atoms with Crippen LogP contribution in [0.15, 0.2) is 101 Å². The van der Waals surface area contributed by atoms with Crippen molar-refractivity contribution in [1.82, 2.24) is 9.71 Å². The number of fused-ring (bicyclic) bond motifs is 1. The van der Waals surface area contributed by atoms with Gasteiger partial charge in [0.05, 0.1) is 20.7 Å². The van der Waals surface area contributed by atoms with E-state index >= 15 is 0 Å². The minimum atomic E-state index is -3.63. The fourth-order valence-corrected chi connectivity index (χ4v) is 5.53. The summed E-state index contributed by atoms with van der Waals surface area (Å²) >= 11 is 1.42. The number of thioether (sulfide) groups is 1. The molecule has 0 radical (unpaired) electrons. The number of anilines is 1. The molecule has 0 spiro atoms. The lowest BCUT2D eigenvalue weighted by Crippen LogP contribution is -2.26. The molecule has 4 rings (SSSR count). The quantitative estimate of drug-likeness (QED) is 0.287. The van der Waals surface area contributed by atoms with Crippen LogP contribution in [-0.4, -0.2) is 31.1 Å². The molecule has 0 aliphatic carbocycles. The monoisotopic (exact) mass is 505 g/mol. The van der Waals surface area contributed by atoms with E-state index in [4.69, 9.17) is 0 Å². The van der Waals surface area contributed by atoms with Crippen LogP contribution in [0.1, 0.15) is 18.9 Å². The maximum Gasteiger partial charge on any atom is 0.240 e. The standard InChI is InChI=1S/C27H27N3O3S2/c1-2-25(34-26-17-12-21-10-6-7-11-24(21)30-26)27(31)29-22-13-15-23(16-14-22)35(32,33)28-19-18-20-8-4-3-5-9-20/h3-17,25,28H,2,18-19H2,1H3,(H,29,31). The van der Waals surface area contributed by atoms with Crippen LogP contribution in [0.25, 0.3) is 10.9 Å². The molecule has 180 valence electrons. The zero-order valence-electron chi connectivity index (χ0n) is 19.3. The zero-order chi connectivity index (χ0) is 24.7. The van der Waals surface area contributed by atoms with Gasteiger partial charge in [-0.25, -0.2) is 18.1 Å². The van der Waals surface area contributed by atoms with Crippen LogP contribution in [0.4, 0.5) is 5.69 Å². The van der Waals surface area contributed by atoms with Crippen LogP contribution in [0.3, 0.4) is 0 Å². The smallest absolute Gasteiger partial charge is 0.240 e. The summed E-state index contributed by atoms with van der Waals surface area (Å²) in [5, 5.41) is 4.40. The summed E-state index contributed by atoms with van der Waals surface area (Å²) in [7, 11) is -3.63. The van der Waals surface area contributed by atoms with Crippen LogP contribution in [0, 0.1) is 0 Å². The largest absolute Gasteiger partial charge is 0.325 e. The first-order valence-corrected chi connectivity index (χ1v) is 13.8. The molecule has 4 aromatic rings. The van der Waals surface area contributed by atoms with E-state index in [0.29, 0.717) is 25.1 Å². The number of rotatable bonds is 10. The van der Waals surface area contributed by atoms with Crippen molar-refractivity contribution in [1.29, 1.82) is 0 Å². The van der Waals surface area contributed by atoms with Crippen molar-refractivity contribution in [3.05, 3.63) is 96.6 Å². The van der Waals surface area contributed by atoms with Gasteiger partial charge in [-0.15, -0.1) is 0 Å². The van der Waals surface area contributed by atoms with Crippen molar-refractivity contribution in [2.75, 3.05) is 11.9 Å². The van der Waals surface area contributed by atoms with Gasteiger partial charge in [0.1, 0.15) is 0 Å². The molecule has 1 aromatic heterocycles. The normalized spacial score (nSPS) is 12.4. The Morgan fingerprint density at radius 2 is 1.63 bits per heavy atom. The second-order valence-corrected chi connectivity index (χ2v) is 11.0. The summed E-state index contributed by atoms with van der Waals surface area (Å²) in [6, 6.07) is 27.7. The third-order valence-corrected chi connectivity index (χ3v) is 8.26. The summed E-state index contributed by atoms with van der Waals surface area (Å²) < 4.78 is 27.8. The molecule has 0 saturated heterocycles. The van der Waals surface area contributed by atoms with Gasteiger partial charge in [0, 0.05) is 17.6 Å². The highest BCUT2D eigenvalue weighted by Gasteiger charge is 2.20. The molecule has 0 aliphatic heterocycles. The molecule has 1 heterocycles. The molecule has 0 bridgehead atoms. The lowest BCUT2D eigenvalue weighted by molar-refractivity contribution is -0.115. The highest BCUT2D eigenvalue weighted by atomic mass is 32.2. The van der Waals surface area contributed by atoms with Crippen molar-refractivity contribution in [3.8, 4) is 0 Å². The number of nitrogens with zero attached hydrogens (tertiary/aromatic N) is 1. The number of sulfonamides is 1. The maximum atomic E-state index is 12.9. The molecular weight excluding hydrogens is 478 g/mol. The fourth-order valence-electron chi connectivity index (χ4n) is 3.58. The first kappa shape index (κ1) is 24.9. The minimum absolute atomic E-state index is 0.149. The number of pyridine rings is 1. The highest BCUT2D eigenvalue weighted by Crippen LogP contribution is 2.27. The average molecular weight is 506 g/mol. The number of aromatic nitrogens is 1. The Morgan fingerprint density at radius 3 is 2.37 bits per heavy atom. The summed E-state index contributed by atoms with van der Waals surface area (Å²) in [5.74, 6) is -0.149. The molecule has 2 N–H and O–H groups in total. The number of para-hydroxylation sites is 1. The molecule has 8 heteroatoms. The van der Waals surface area contributed by atoms with Crippen LogP contribution in [0.2, 0.25) is 0 Å². The van der Waals surface area contributed by atoms with E-state index in [2.05, 4.69) is 15.0 Å². The third-order valence-electron chi connectivity index (χ3n) is 5.48. The molecular formula is C27H27N3O3S2. The fraction of sp³-hybridized carbons (Fsp3) is 0.185. The number of benzene rings is 3. The summed E-state index contributed by atoms with van der Waals surface area (Å²) in [6.07, 6.45) is 1.24. The molecule has 3 aromatic carbocycles. The Labute approximate surface area is 210 Å². The predicted octanol–water partition coefficient (Wildman–Crippen LogP) is 5.27. The van der Waals surface area contributed by atoms with Gasteiger partial charge in [0.2, 0.25) is 15.9 Å². The van der Waals surface area contributed by atoms with Gasteiger partial charge in [-0.05, 0) is 54.8 Å². The van der Waals surface area contributed by atoms with Gasteiger partial charge >= 0.3 is 0 Å². The van der Waals surface area contributed by atoms with Crippen molar-refractivity contribution in [2.45, 2.75) is 34.9 Å². The third kappa shape index (κ3) is 6.69. The van der Waals surface area contributed by atoms with Gasteiger partial charge in [-0.2, -0.15) is 0 Å². The molecule has 35 heavy (non-hydrogen) atoms. The van der Waals surface area contributed by atoms with Gasteiger partial charge in [0.15, 0.2) is 0 Å². The van der Waals surface area contributed by atoms with Crippen LogP contribution in [0.5, 0.6) is 0 Å². The maximum absolute atomic E-state index is 12.9. The second-order valence-electron chi connectivity index (χ2n) is 8.00. The van der Waals surface area contributed by atoms with E-state index in [0.717, 1.165) is 21.5 Å². The number of hydrogen-bond donors (Lipinski definition) is 2. The minimum Gasteiger partial charge on any atom is -0.325 e.